The summed E-state index contributed by atoms with van der Waals surface area (Å²) in [5, 5.41) is 7.88. The third-order valence-electron chi connectivity index (χ3n) is 2.29. The van der Waals surface area contributed by atoms with Crippen LogP contribution in [0.15, 0.2) is 58.8 Å². The molecule has 0 aliphatic rings. The van der Waals surface area contributed by atoms with Crippen molar-refractivity contribution >= 4 is 23.9 Å². The summed E-state index contributed by atoms with van der Waals surface area (Å²) in [6.07, 6.45) is 3.56. The zero-order chi connectivity index (χ0) is 12.8. The minimum Gasteiger partial charge on any atom is -0.285 e. The van der Waals surface area contributed by atoms with Gasteiger partial charge < -0.3 is 0 Å². The molecule has 0 saturated carbocycles. The van der Waals surface area contributed by atoms with Gasteiger partial charge in [-0.2, -0.15) is 0 Å². The molecule has 0 N–H and O–H groups in total. The zero-order valence-corrected chi connectivity index (χ0v) is 9.33. The van der Waals surface area contributed by atoms with Crippen molar-refractivity contribution in [2.24, 2.45) is 10.2 Å². The highest BCUT2D eigenvalue weighted by Gasteiger charge is 2.01. The Hall–Kier alpha value is -2.62. The smallest absolute Gasteiger partial charge is 0.235 e. The largest absolute Gasteiger partial charge is 0.285 e. The lowest BCUT2D eigenvalue weighted by Gasteiger charge is -1.97. The number of benzene rings is 2. The predicted octanol–water partition coefficient (Wildman–Crippen LogP) is 3.02. The maximum Gasteiger partial charge on any atom is 0.235 e. The number of azo groups is 1. The Morgan fingerprint density at radius 1 is 0.667 bits per heavy atom. The van der Waals surface area contributed by atoms with E-state index in [0.717, 1.165) is 0 Å². The van der Waals surface area contributed by atoms with E-state index in [2.05, 4.69) is 10.2 Å². The van der Waals surface area contributed by atoms with E-state index in [1.165, 1.54) is 0 Å². The van der Waals surface area contributed by atoms with Crippen LogP contribution in [0.4, 0.5) is 11.4 Å². The minimum atomic E-state index is 0.328. The van der Waals surface area contributed by atoms with Crippen LogP contribution in [0, 0.1) is 0 Å². The zero-order valence-electron chi connectivity index (χ0n) is 9.33. The molecule has 2 radical (unpaired) electrons. The maximum absolute atomic E-state index is 10.7. The van der Waals surface area contributed by atoms with Gasteiger partial charge in [0.15, 0.2) is 0 Å². The van der Waals surface area contributed by atoms with Crippen molar-refractivity contribution in [3.63, 3.8) is 0 Å². The van der Waals surface area contributed by atoms with E-state index in [9.17, 15) is 9.59 Å². The molecule has 0 heterocycles. The summed E-state index contributed by atoms with van der Waals surface area (Å²) in [4.78, 5) is 21.3. The Morgan fingerprint density at radius 2 is 1.06 bits per heavy atom. The quantitative estimate of drug-likeness (QED) is 0.766. The second-order valence-corrected chi connectivity index (χ2v) is 3.44. The first-order valence-corrected chi connectivity index (χ1v) is 5.21. The van der Waals surface area contributed by atoms with Crippen LogP contribution in [-0.2, 0) is 9.59 Å². The number of carbonyl (C=O) groups excluding carboxylic acids is 2. The molecule has 0 amide bonds. The summed E-state index contributed by atoms with van der Waals surface area (Å²) in [7, 11) is 0. The Morgan fingerprint density at radius 3 is 1.44 bits per heavy atom. The van der Waals surface area contributed by atoms with Crippen LogP contribution >= 0.6 is 0 Å². The molecule has 0 unspecified atom stereocenters. The van der Waals surface area contributed by atoms with E-state index in [1.54, 1.807) is 61.1 Å². The van der Waals surface area contributed by atoms with Crippen molar-refractivity contribution in [1.82, 2.24) is 0 Å². The van der Waals surface area contributed by atoms with Crippen LogP contribution in [0.1, 0.15) is 11.1 Å². The molecule has 4 nitrogen and oxygen atoms in total. The fourth-order valence-electron chi connectivity index (χ4n) is 1.40. The molecule has 2 rings (SSSR count). The lowest BCUT2D eigenvalue weighted by Crippen LogP contribution is -1.81. The van der Waals surface area contributed by atoms with Gasteiger partial charge in [-0.15, -0.1) is 10.2 Å². The molecule has 0 atom stereocenters. The van der Waals surface area contributed by atoms with Gasteiger partial charge in [0.1, 0.15) is 0 Å². The molecular weight excluding hydrogens is 228 g/mol. The molecule has 0 bridgehead atoms. The molecule has 0 fully saturated rings. The second-order valence-electron chi connectivity index (χ2n) is 3.44. The molecule has 4 heteroatoms. The van der Waals surface area contributed by atoms with Crippen molar-refractivity contribution in [3.05, 3.63) is 59.7 Å². The third-order valence-corrected chi connectivity index (χ3v) is 2.29. The first-order chi connectivity index (χ1) is 8.85. The van der Waals surface area contributed by atoms with Gasteiger partial charge in [0.05, 0.1) is 22.5 Å². The fraction of sp³-hybridized carbons (Fsp3) is 0. The Labute approximate surface area is 104 Å². The molecule has 0 aliphatic carbocycles. The van der Waals surface area contributed by atoms with Crippen LogP contribution in [0.25, 0.3) is 0 Å². The molecule has 0 aromatic heterocycles. The minimum absolute atomic E-state index is 0.328. The van der Waals surface area contributed by atoms with Gasteiger partial charge in [-0.3, -0.25) is 9.59 Å². The van der Waals surface area contributed by atoms with Crippen LogP contribution in [0.5, 0.6) is 0 Å². The van der Waals surface area contributed by atoms with Crippen molar-refractivity contribution in [3.8, 4) is 0 Å². The van der Waals surface area contributed by atoms with Crippen LogP contribution in [0.2, 0.25) is 0 Å². The van der Waals surface area contributed by atoms with E-state index in [-0.39, 0.29) is 0 Å². The standard InChI is InChI=1S/C14H8N2O2/c17-9-11-5-1-3-7-13(11)15-16-14-8-4-2-6-12(14)10-18/h1-8H/b16-15+. The molecule has 0 aliphatic heterocycles. The number of hydrogen-bond acceptors (Lipinski definition) is 4. The highest BCUT2D eigenvalue weighted by Crippen LogP contribution is 2.22. The molecule has 2 aromatic rings. The lowest BCUT2D eigenvalue weighted by atomic mass is 10.2. The monoisotopic (exact) mass is 236 g/mol. The molecule has 0 spiro atoms. The first-order valence-electron chi connectivity index (χ1n) is 5.21. The van der Waals surface area contributed by atoms with Crippen LogP contribution in [0.3, 0.4) is 0 Å². The van der Waals surface area contributed by atoms with Gasteiger partial charge in [0.25, 0.3) is 0 Å². The number of hydrogen-bond donors (Lipinski definition) is 0. The van der Waals surface area contributed by atoms with Crippen molar-refractivity contribution in [1.29, 1.82) is 0 Å². The first kappa shape index (κ1) is 11.9. The second kappa shape index (κ2) is 5.63. The van der Waals surface area contributed by atoms with E-state index in [4.69, 9.17) is 0 Å². The summed E-state index contributed by atoms with van der Waals surface area (Å²) in [6.45, 7) is 0. The van der Waals surface area contributed by atoms with Gasteiger partial charge in [-0.1, -0.05) is 24.3 Å². The van der Waals surface area contributed by atoms with E-state index < -0.39 is 0 Å². The maximum atomic E-state index is 10.7. The van der Waals surface area contributed by atoms with Crippen LogP contribution < -0.4 is 0 Å². The average molecular weight is 236 g/mol. The van der Waals surface area contributed by atoms with Gasteiger partial charge in [-0.05, 0) is 24.3 Å². The van der Waals surface area contributed by atoms with Gasteiger partial charge in [0, 0.05) is 0 Å². The average Bonchev–Trinajstić information content (AvgIpc) is 2.45. The summed E-state index contributed by atoms with van der Waals surface area (Å²) in [5.41, 5.74) is 1.48. The van der Waals surface area contributed by atoms with Gasteiger partial charge >= 0.3 is 0 Å². The van der Waals surface area contributed by atoms with Crippen LogP contribution in [-0.4, -0.2) is 12.6 Å². The van der Waals surface area contributed by atoms with Crippen molar-refractivity contribution in [2.45, 2.75) is 0 Å². The topological polar surface area (TPSA) is 58.9 Å². The molecule has 0 saturated heterocycles. The van der Waals surface area contributed by atoms with E-state index in [0.29, 0.717) is 22.5 Å². The van der Waals surface area contributed by atoms with Gasteiger partial charge in [0.2, 0.25) is 12.6 Å². The molecule has 2 aromatic carbocycles. The van der Waals surface area contributed by atoms with Gasteiger partial charge in [-0.25, -0.2) is 0 Å². The predicted molar refractivity (Wildman–Crippen MR) is 66.7 cm³/mol. The van der Waals surface area contributed by atoms with E-state index >= 15 is 0 Å². The van der Waals surface area contributed by atoms with E-state index in [1.807, 2.05) is 0 Å². The summed E-state index contributed by atoms with van der Waals surface area (Å²) in [5.74, 6) is 0. The highest BCUT2D eigenvalue weighted by molar-refractivity contribution is 5.84. The summed E-state index contributed by atoms with van der Waals surface area (Å²) < 4.78 is 0. The Kier molecular flexibility index (Phi) is 3.71. The lowest BCUT2D eigenvalue weighted by molar-refractivity contribution is 0.562. The molecule has 86 valence electrons. The molecular formula is C14H8N2O2. The van der Waals surface area contributed by atoms with Crippen molar-refractivity contribution in [2.75, 3.05) is 0 Å². The summed E-state index contributed by atoms with van der Waals surface area (Å²) in [6, 6.07) is 13.4. The number of nitrogens with zero attached hydrogens (tertiary/aromatic N) is 2. The van der Waals surface area contributed by atoms with Crippen molar-refractivity contribution < 1.29 is 9.59 Å². The Bertz CT molecular complexity index is 553. The SMILES string of the molecule is O=[C]c1ccccc1/N=N/c1ccccc1[C]=O. The third kappa shape index (κ3) is 2.55. The Balaban J connectivity index is 2.35. The fourth-order valence-corrected chi connectivity index (χ4v) is 1.40. The molecule has 18 heavy (non-hydrogen) atoms. The number of rotatable bonds is 4. The normalized spacial score (nSPS) is 10.4. The summed E-state index contributed by atoms with van der Waals surface area (Å²) >= 11 is 0. The highest BCUT2D eigenvalue weighted by atomic mass is 16.1.